The number of hydrogen-bond acceptors (Lipinski definition) is 4. The van der Waals surface area contributed by atoms with Crippen molar-refractivity contribution in [1.29, 1.82) is 0 Å². The van der Waals surface area contributed by atoms with Crippen LogP contribution in [0.5, 0.6) is 0 Å². The van der Waals surface area contributed by atoms with E-state index in [1.54, 1.807) is 23.1 Å². The first kappa shape index (κ1) is 19.4. The van der Waals surface area contributed by atoms with E-state index in [1.165, 1.54) is 0 Å². The summed E-state index contributed by atoms with van der Waals surface area (Å²) in [5, 5.41) is 4.87. The fourth-order valence-corrected chi connectivity index (χ4v) is 3.36. The van der Waals surface area contributed by atoms with E-state index in [0.717, 1.165) is 16.5 Å². The zero-order chi connectivity index (χ0) is 20.9. The van der Waals surface area contributed by atoms with Crippen molar-refractivity contribution in [2.75, 3.05) is 6.54 Å². The maximum Gasteiger partial charge on any atom is 0.254 e. The second-order valence-corrected chi connectivity index (χ2v) is 7.04. The van der Waals surface area contributed by atoms with Crippen molar-refractivity contribution in [3.05, 3.63) is 90.0 Å². The fraction of sp³-hybridized carbons (Fsp3) is 0.125. The summed E-state index contributed by atoms with van der Waals surface area (Å²) in [6.07, 6.45) is 0.101. The Kier molecular flexibility index (Phi) is 5.57. The highest BCUT2D eigenvalue weighted by Gasteiger charge is 2.19. The minimum absolute atomic E-state index is 0.101. The third-order valence-electron chi connectivity index (χ3n) is 4.89. The number of aromatic nitrogens is 1. The molecule has 0 fully saturated rings. The van der Waals surface area contributed by atoms with Crippen LogP contribution in [0.1, 0.15) is 22.3 Å². The number of primary amides is 1. The number of fused-ring (bicyclic) bond motifs is 1. The lowest BCUT2D eigenvalue weighted by Gasteiger charge is -2.22. The van der Waals surface area contributed by atoms with E-state index in [4.69, 9.17) is 10.3 Å². The van der Waals surface area contributed by atoms with Crippen LogP contribution >= 0.6 is 0 Å². The molecule has 2 N–H and O–H groups in total. The lowest BCUT2D eigenvalue weighted by molar-refractivity contribution is -0.118. The number of carbonyl (C=O) groups is 2. The molecule has 0 saturated heterocycles. The summed E-state index contributed by atoms with van der Waals surface area (Å²) in [5.41, 5.74) is 8.37. The van der Waals surface area contributed by atoms with Crippen molar-refractivity contribution in [1.82, 2.24) is 10.1 Å². The van der Waals surface area contributed by atoms with Gasteiger partial charge in [-0.3, -0.25) is 9.59 Å². The summed E-state index contributed by atoms with van der Waals surface area (Å²) >= 11 is 0. The minimum Gasteiger partial charge on any atom is -0.370 e. The van der Waals surface area contributed by atoms with Crippen molar-refractivity contribution < 1.29 is 14.1 Å². The molecule has 4 aromatic rings. The molecule has 150 valence electrons. The second-order valence-electron chi connectivity index (χ2n) is 7.04. The highest BCUT2D eigenvalue weighted by atomic mass is 16.5. The molecule has 1 heterocycles. The van der Waals surface area contributed by atoms with Gasteiger partial charge in [0, 0.05) is 30.6 Å². The molecule has 0 aliphatic rings. The van der Waals surface area contributed by atoms with Gasteiger partial charge >= 0.3 is 0 Å². The molecule has 0 spiro atoms. The molecule has 0 bridgehead atoms. The third kappa shape index (κ3) is 4.22. The Labute approximate surface area is 173 Å². The van der Waals surface area contributed by atoms with Gasteiger partial charge in [-0.15, -0.1) is 0 Å². The van der Waals surface area contributed by atoms with E-state index < -0.39 is 5.91 Å². The van der Waals surface area contributed by atoms with Crippen LogP contribution in [-0.4, -0.2) is 28.4 Å². The first-order valence-electron chi connectivity index (χ1n) is 9.68. The van der Waals surface area contributed by atoms with Crippen molar-refractivity contribution in [3.8, 4) is 11.3 Å². The topological polar surface area (TPSA) is 89.4 Å². The summed E-state index contributed by atoms with van der Waals surface area (Å²) in [7, 11) is 0. The van der Waals surface area contributed by atoms with Gasteiger partial charge in [-0.25, -0.2) is 0 Å². The lowest BCUT2D eigenvalue weighted by atomic mass is 10.1. The van der Waals surface area contributed by atoms with Crippen LogP contribution in [0.2, 0.25) is 0 Å². The molecule has 0 atom stereocenters. The van der Waals surface area contributed by atoms with Gasteiger partial charge in [0.25, 0.3) is 5.91 Å². The van der Waals surface area contributed by atoms with Gasteiger partial charge in [-0.05, 0) is 23.8 Å². The molecular weight excluding hydrogens is 378 g/mol. The van der Waals surface area contributed by atoms with E-state index in [-0.39, 0.29) is 18.9 Å². The predicted octanol–water partition coefficient (Wildman–Crippen LogP) is 4.01. The SMILES string of the molecule is NC(=O)CCN(Cc1ccccc1)C(=O)c1ccc2noc(-c3ccccc3)c2c1. The van der Waals surface area contributed by atoms with Gasteiger partial charge in [0.1, 0.15) is 5.52 Å². The quantitative estimate of drug-likeness (QED) is 0.508. The molecule has 2 amide bonds. The van der Waals surface area contributed by atoms with E-state index in [2.05, 4.69) is 5.16 Å². The normalized spacial score (nSPS) is 10.8. The first-order valence-corrected chi connectivity index (χ1v) is 9.68. The van der Waals surface area contributed by atoms with Gasteiger partial charge < -0.3 is 15.2 Å². The van der Waals surface area contributed by atoms with Gasteiger partial charge in [0.05, 0.1) is 5.39 Å². The van der Waals surface area contributed by atoms with E-state index >= 15 is 0 Å². The zero-order valence-corrected chi connectivity index (χ0v) is 16.3. The summed E-state index contributed by atoms with van der Waals surface area (Å²) in [6, 6.07) is 24.6. The molecule has 6 nitrogen and oxygen atoms in total. The Balaban J connectivity index is 1.67. The van der Waals surface area contributed by atoms with Crippen LogP contribution in [0.15, 0.2) is 83.4 Å². The van der Waals surface area contributed by atoms with Crippen LogP contribution in [0.3, 0.4) is 0 Å². The minimum atomic E-state index is -0.443. The van der Waals surface area contributed by atoms with Crippen LogP contribution < -0.4 is 5.73 Å². The number of rotatable bonds is 7. The van der Waals surface area contributed by atoms with Crippen molar-refractivity contribution in [2.45, 2.75) is 13.0 Å². The van der Waals surface area contributed by atoms with Crippen LogP contribution in [0.4, 0.5) is 0 Å². The molecule has 3 aromatic carbocycles. The summed E-state index contributed by atoms with van der Waals surface area (Å²) < 4.78 is 5.53. The largest absolute Gasteiger partial charge is 0.370 e. The smallest absolute Gasteiger partial charge is 0.254 e. The molecule has 30 heavy (non-hydrogen) atoms. The maximum atomic E-state index is 13.3. The van der Waals surface area contributed by atoms with E-state index in [0.29, 0.717) is 23.4 Å². The van der Waals surface area contributed by atoms with Crippen LogP contribution in [-0.2, 0) is 11.3 Å². The Hall–Kier alpha value is -3.93. The molecule has 0 radical (unpaired) electrons. The Morgan fingerprint density at radius 1 is 0.933 bits per heavy atom. The van der Waals surface area contributed by atoms with Crippen LogP contribution in [0, 0.1) is 0 Å². The summed E-state index contributed by atoms with van der Waals surface area (Å²) in [6.45, 7) is 0.635. The fourth-order valence-electron chi connectivity index (χ4n) is 3.36. The maximum absolute atomic E-state index is 13.3. The van der Waals surface area contributed by atoms with E-state index in [9.17, 15) is 9.59 Å². The number of nitrogens with zero attached hydrogens (tertiary/aromatic N) is 2. The average Bonchev–Trinajstić information content (AvgIpc) is 3.20. The molecule has 0 aliphatic carbocycles. The molecule has 0 saturated carbocycles. The Bertz CT molecular complexity index is 1170. The molecule has 1 aromatic heterocycles. The summed E-state index contributed by atoms with van der Waals surface area (Å²) in [5.74, 6) is -0.00378. The molecular formula is C24H21N3O3. The number of carbonyl (C=O) groups excluding carboxylic acids is 2. The van der Waals surface area contributed by atoms with E-state index in [1.807, 2.05) is 60.7 Å². The standard InChI is InChI=1S/C24H21N3O3/c25-22(28)13-14-27(16-17-7-3-1-4-8-17)24(29)19-11-12-21-20(15-19)23(30-26-21)18-9-5-2-6-10-18/h1-12,15H,13-14,16H2,(H2,25,28). The number of amides is 2. The molecule has 4 rings (SSSR count). The second kappa shape index (κ2) is 8.61. The highest BCUT2D eigenvalue weighted by molar-refractivity contribution is 6.01. The monoisotopic (exact) mass is 399 g/mol. The van der Waals surface area contributed by atoms with Gasteiger partial charge in [0.15, 0.2) is 5.76 Å². The van der Waals surface area contributed by atoms with Crippen molar-refractivity contribution in [2.24, 2.45) is 5.73 Å². The van der Waals surface area contributed by atoms with Gasteiger partial charge in [-0.1, -0.05) is 65.8 Å². The third-order valence-corrected chi connectivity index (χ3v) is 4.89. The molecule has 6 heteroatoms. The number of nitrogens with two attached hydrogens (primary N) is 1. The lowest BCUT2D eigenvalue weighted by Crippen LogP contribution is -2.33. The first-order chi connectivity index (χ1) is 14.6. The van der Waals surface area contributed by atoms with Gasteiger partial charge in [-0.2, -0.15) is 0 Å². The summed E-state index contributed by atoms with van der Waals surface area (Å²) in [4.78, 5) is 26.3. The Morgan fingerprint density at radius 3 is 2.33 bits per heavy atom. The van der Waals surface area contributed by atoms with Gasteiger partial charge in [0.2, 0.25) is 5.91 Å². The number of hydrogen-bond donors (Lipinski definition) is 1. The average molecular weight is 399 g/mol. The zero-order valence-electron chi connectivity index (χ0n) is 16.3. The van der Waals surface area contributed by atoms with Crippen molar-refractivity contribution in [3.63, 3.8) is 0 Å². The Morgan fingerprint density at radius 2 is 1.63 bits per heavy atom. The highest BCUT2D eigenvalue weighted by Crippen LogP contribution is 2.29. The predicted molar refractivity (Wildman–Crippen MR) is 114 cm³/mol. The van der Waals surface area contributed by atoms with Crippen LogP contribution in [0.25, 0.3) is 22.2 Å². The molecule has 0 aliphatic heterocycles. The number of benzene rings is 3. The van der Waals surface area contributed by atoms with Crippen molar-refractivity contribution >= 4 is 22.7 Å². The molecule has 0 unspecified atom stereocenters.